The number of nitrogens with two attached hydrogens (primary N) is 1. The average molecular weight is 308 g/mol. The summed E-state index contributed by atoms with van der Waals surface area (Å²) in [6.07, 6.45) is 1.69. The van der Waals surface area contributed by atoms with Gasteiger partial charge in [-0.15, -0.1) is 0 Å². The number of hydrogen-bond acceptors (Lipinski definition) is 3. The largest absolute Gasteiger partial charge is 0.487 e. The fourth-order valence-corrected chi connectivity index (χ4v) is 2.57. The monoisotopic (exact) mass is 307 g/mol. The molecule has 0 fully saturated rings. The number of hydrogen-bond donors (Lipinski definition) is 1. The van der Waals surface area contributed by atoms with Crippen molar-refractivity contribution >= 4 is 11.6 Å². The zero-order valence-corrected chi connectivity index (χ0v) is 13.5. The van der Waals surface area contributed by atoms with Gasteiger partial charge in [-0.25, -0.2) is 0 Å². The van der Waals surface area contributed by atoms with E-state index in [0.717, 1.165) is 30.0 Å². The van der Waals surface area contributed by atoms with Crippen molar-refractivity contribution in [3.05, 3.63) is 46.2 Å². The van der Waals surface area contributed by atoms with Crippen molar-refractivity contribution in [2.24, 2.45) is 12.8 Å². The third kappa shape index (κ3) is 3.99. The highest BCUT2D eigenvalue weighted by Gasteiger charge is 2.13. The third-order valence-electron chi connectivity index (χ3n) is 3.36. The smallest absolute Gasteiger partial charge is 0.131 e. The maximum Gasteiger partial charge on any atom is 0.131 e. The molecule has 0 spiro atoms. The highest BCUT2D eigenvalue weighted by Crippen LogP contribution is 2.23. The topological polar surface area (TPSA) is 53.1 Å². The Morgan fingerprint density at radius 3 is 2.52 bits per heavy atom. The SMILES string of the molecule is CCc1nn(C)c(COc2ccc(CC(C)N)cc2)c1Cl. The first-order chi connectivity index (χ1) is 10.0. The summed E-state index contributed by atoms with van der Waals surface area (Å²) in [6, 6.07) is 8.17. The molecule has 0 amide bonds. The van der Waals surface area contributed by atoms with Gasteiger partial charge >= 0.3 is 0 Å². The van der Waals surface area contributed by atoms with E-state index in [4.69, 9.17) is 22.1 Å². The molecule has 2 rings (SSSR count). The number of benzene rings is 1. The van der Waals surface area contributed by atoms with Crippen molar-refractivity contribution < 1.29 is 4.74 Å². The lowest BCUT2D eigenvalue weighted by Crippen LogP contribution is -2.17. The van der Waals surface area contributed by atoms with Crippen LogP contribution in [0, 0.1) is 0 Å². The van der Waals surface area contributed by atoms with Gasteiger partial charge in [0.05, 0.1) is 16.4 Å². The van der Waals surface area contributed by atoms with Gasteiger partial charge in [0.25, 0.3) is 0 Å². The minimum atomic E-state index is 0.164. The van der Waals surface area contributed by atoms with Gasteiger partial charge in [-0.1, -0.05) is 30.7 Å². The van der Waals surface area contributed by atoms with E-state index in [0.29, 0.717) is 11.6 Å². The van der Waals surface area contributed by atoms with Crippen LogP contribution in [0.4, 0.5) is 0 Å². The number of rotatable bonds is 6. The average Bonchev–Trinajstić information content (AvgIpc) is 2.72. The first kappa shape index (κ1) is 15.9. The second kappa shape index (κ2) is 6.96. The number of aromatic nitrogens is 2. The number of nitrogens with zero attached hydrogens (tertiary/aromatic N) is 2. The zero-order chi connectivity index (χ0) is 15.4. The van der Waals surface area contributed by atoms with Crippen molar-refractivity contribution in [3.8, 4) is 5.75 Å². The van der Waals surface area contributed by atoms with Gasteiger partial charge in [-0.2, -0.15) is 5.10 Å². The summed E-state index contributed by atoms with van der Waals surface area (Å²) in [5, 5.41) is 5.08. The minimum Gasteiger partial charge on any atom is -0.487 e. The molecule has 5 heteroatoms. The maximum atomic E-state index is 6.30. The standard InChI is InChI=1S/C16H22ClN3O/c1-4-14-16(17)15(20(3)19-14)10-21-13-7-5-12(6-8-13)9-11(2)18/h5-8,11H,4,9-10,18H2,1-3H3. The van der Waals surface area contributed by atoms with Crippen LogP contribution in [0.25, 0.3) is 0 Å². The van der Waals surface area contributed by atoms with E-state index in [-0.39, 0.29) is 6.04 Å². The van der Waals surface area contributed by atoms with E-state index in [1.165, 1.54) is 5.56 Å². The van der Waals surface area contributed by atoms with E-state index in [1.54, 1.807) is 4.68 Å². The number of ether oxygens (including phenoxy) is 1. The normalized spacial score (nSPS) is 12.4. The molecule has 1 aromatic heterocycles. The van der Waals surface area contributed by atoms with Crippen molar-refractivity contribution in [3.63, 3.8) is 0 Å². The zero-order valence-electron chi connectivity index (χ0n) is 12.8. The Hall–Kier alpha value is -1.52. The molecule has 1 aromatic carbocycles. The Balaban J connectivity index is 2.01. The number of halogens is 1. The van der Waals surface area contributed by atoms with Crippen LogP contribution < -0.4 is 10.5 Å². The molecule has 0 saturated carbocycles. The van der Waals surface area contributed by atoms with Gasteiger partial charge in [0.2, 0.25) is 0 Å². The summed E-state index contributed by atoms with van der Waals surface area (Å²) in [5.41, 5.74) is 8.81. The molecule has 0 aliphatic rings. The highest BCUT2D eigenvalue weighted by molar-refractivity contribution is 6.31. The summed E-state index contributed by atoms with van der Waals surface area (Å²) in [4.78, 5) is 0. The van der Waals surface area contributed by atoms with Gasteiger partial charge in [-0.3, -0.25) is 4.68 Å². The Kier molecular flexibility index (Phi) is 5.26. The first-order valence-corrected chi connectivity index (χ1v) is 7.56. The fraction of sp³-hybridized carbons (Fsp3) is 0.438. The summed E-state index contributed by atoms with van der Waals surface area (Å²) < 4.78 is 7.58. The van der Waals surface area contributed by atoms with Crippen LogP contribution in [0.15, 0.2) is 24.3 Å². The predicted octanol–water partition coefficient (Wildman–Crippen LogP) is 3.10. The molecule has 1 unspecified atom stereocenters. The molecule has 2 aromatic rings. The van der Waals surface area contributed by atoms with Crippen LogP contribution in [0.5, 0.6) is 5.75 Å². The van der Waals surface area contributed by atoms with E-state index >= 15 is 0 Å². The second-order valence-corrected chi connectivity index (χ2v) is 5.68. The van der Waals surface area contributed by atoms with E-state index < -0.39 is 0 Å². The lowest BCUT2D eigenvalue weighted by Gasteiger charge is -2.09. The molecule has 2 N–H and O–H groups in total. The Morgan fingerprint density at radius 2 is 2.00 bits per heavy atom. The summed E-state index contributed by atoms with van der Waals surface area (Å²) in [6.45, 7) is 4.45. The van der Waals surface area contributed by atoms with Crippen LogP contribution in [0.1, 0.15) is 30.8 Å². The van der Waals surface area contributed by atoms with Gasteiger partial charge in [0.1, 0.15) is 12.4 Å². The second-order valence-electron chi connectivity index (χ2n) is 5.30. The molecule has 4 nitrogen and oxygen atoms in total. The molecule has 1 atom stereocenters. The molecule has 114 valence electrons. The van der Waals surface area contributed by atoms with Crippen LogP contribution >= 0.6 is 11.6 Å². The first-order valence-electron chi connectivity index (χ1n) is 7.18. The highest BCUT2D eigenvalue weighted by atomic mass is 35.5. The predicted molar refractivity (Wildman–Crippen MR) is 85.7 cm³/mol. The molecule has 0 bridgehead atoms. The van der Waals surface area contributed by atoms with Crippen molar-refractivity contribution in [2.45, 2.75) is 39.3 Å². The molecule has 21 heavy (non-hydrogen) atoms. The van der Waals surface area contributed by atoms with Crippen LogP contribution in [-0.4, -0.2) is 15.8 Å². The van der Waals surface area contributed by atoms with E-state index in [2.05, 4.69) is 5.10 Å². The molecule has 0 aliphatic heterocycles. The lowest BCUT2D eigenvalue weighted by atomic mass is 10.1. The maximum absolute atomic E-state index is 6.30. The lowest BCUT2D eigenvalue weighted by molar-refractivity contribution is 0.295. The van der Waals surface area contributed by atoms with Crippen LogP contribution in [-0.2, 0) is 26.5 Å². The molecule has 0 aliphatic carbocycles. The quantitative estimate of drug-likeness (QED) is 0.892. The van der Waals surface area contributed by atoms with Crippen LogP contribution in [0.2, 0.25) is 5.02 Å². The van der Waals surface area contributed by atoms with Crippen molar-refractivity contribution in [2.75, 3.05) is 0 Å². The molecule has 0 saturated heterocycles. The van der Waals surface area contributed by atoms with E-state index in [9.17, 15) is 0 Å². The van der Waals surface area contributed by atoms with Crippen molar-refractivity contribution in [1.29, 1.82) is 0 Å². The Labute approximate surface area is 130 Å². The minimum absolute atomic E-state index is 0.164. The molecular weight excluding hydrogens is 286 g/mol. The fourth-order valence-electron chi connectivity index (χ4n) is 2.22. The summed E-state index contributed by atoms with van der Waals surface area (Å²) >= 11 is 6.30. The van der Waals surface area contributed by atoms with Crippen LogP contribution in [0.3, 0.4) is 0 Å². The van der Waals surface area contributed by atoms with Gasteiger partial charge in [0, 0.05) is 13.1 Å². The Morgan fingerprint density at radius 1 is 1.33 bits per heavy atom. The summed E-state index contributed by atoms with van der Waals surface area (Å²) in [7, 11) is 1.88. The van der Waals surface area contributed by atoms with Gasteiger partial charge in [-0.05, 0) is 37.5 Å². The van der Waals surface area contributed by atoms with E-state index in [1.807, 2.05) is 45.2 Å². The molecule has 0 radical (unpaired) electrons. The summed E-state index contributed by atoms with van der Waals surface area (Å²) in [5.74, 6) is 0.818. The van der Waals surface area contributed by atoms with Gasteiger partial charge in [0.15, 0.2) is 0 Å². The van der Waals surface area contributed by atoms with Crippen molar-refractivity contribution in [1.82, 2.24) is 9.78 Å². The third-order valence-corrected chi connectivity index (χ3v) is 3.80. The number of aryl methyl sites for hydroxylation is 2. The molecule has 1 heterocycles. The molecular formula is C16H22ClN3O. The van der Waals surface area contributed by atoms with Gasteiger partial charge < -0.3 is 10.5 Å². The Bertz CT molecular complexity index is 590.